The molecule has 1 aromatic carbocycles. The smallest absolute Gasteiger partial charge is 0.344 e. The predicted molar refractivity (Wildman–Crippen MR) is 88.2 cm³/mol. The van der Waals surface area contributed by atoms with Crippen LogP contribution in [0.1, 0.15) is 44.8 Å². The maximum atomic E-state index is 12.8. The number of nitrogens with zero attached hydrogens (tertiary/aromatic N) is 1. The van der Waals surface area contributed by atoms with Gasteiger partial charge < -0.3 is 14.2 Å². The molecule has 0 aliphatic carbocycles. The molecule has 0 radical (unpaired) electrons. The van der Waals surface area contributed by atoms with E-state index < -0.39 is 12.1 Å². The molecule has 0 aliphatic heterocycles. The van der Waals surface area contributed by atoms with Crippen LogP contribution in [0.5, 0.6) is 0 Å². The highest BCUT2D eigenvalue weighted by Crippen LogP contribution is 2.24. The highest BCUT2D eigenvalue weighted by atomic mass is 16.5. The Morgan fingerprint density at radius 3 is 2.54 bits per heavy atom. The number of ether oxygens (including phenoxy) is 1. The summed E-state index contributed by atoms with van der Waals surface area (Å²) in [6, 6.07) is 7.54. The van der Waals surface area contributed by atoms with Crippen molar-refractivity contribution in [2.45, 2.75) is 33.8 Å². The fraction of sp³-hybridized carbons (Fsp3) is 0.278. The normalized spacial score (nSPS) is 12.3. The van der Waals surface area contributed by atoms with Crippen LogP contribution in [0.4, 0.5) is 0 Å². The van der Waals surface area contributed by atoms with E-state index in [1.807, 2.05) is 31.2 Å². The number of H-pyrrole nitrogens is 1. The fourth-order valence-electron chi connectivity index (χ4n) is 2.84. The number of carbonyl (C=O) groups is 2. The summed E-state index contributed by atoms with van der Waals surface area (Å²) in [7, 11) is 0. The van der Waals surface area contributed by atoms with Crippen LogP contribution in [-0.2, 0) is 4.74 Å². The van der Waals surface area contributed by atoms with Crippen LogP contribution in [0.3, 0.4) is 0 Å². The summed E-state index contributed by atoms with van der Waals surface area (Å²) in [6.07, 6.45) is -0.913. The minimum Gasteiger partial charge on any atom is -0.451 e. The summed E-state index contributed by atoms with van der Waals surface area (Å²) >= 11 is 0. The van der Waals surface area contributed by atoms with Gasteiger partial charge in [0.2, 0.25) is 5.78 Å². The van der Waals surface area contributed by atoms with Crippen LogP contribution in [0.15, 0.2) is 28.8 Å². The van der Waals surface area contributed by atoms with Gasteiger partial charge in [0.15, 0.2) is 6.10 Å². The lowest BCUT2D eigenvalue weighted by Crippen LogP contribution is -2.25. The molecule has 0 spiro atoms. The van der Waals surface area contributed by atoms with Gasteiger partial charge in [-0.15, -0.1) is 0 Å². The molecule has 124 valence electrons. The fourth-order valence-corrected chi connectivity index (χ4v) is 2.84. The van der Waals surface area contributed by atoms with Crippen LogP contribution < -0.4 is 0 Å². The number of esters is 1. The van der Waals surface area contributed by atoms with E-state index >= 15 is 0 Å². The first-order valence-corrected chi connectivity index (χ1v) is 7.65. The van der Waals surface area contributed by atoms with E-state index in [4.69, 9.17) is 9.26 Å². The Kier molecular flexibility index (Phi) is 3.97. The molecule has 0 saturated heterocycles. The van der Waals surface area contributed by atoms with E-state index in [0.717, 1.165) is 16.6 Å². The van der Waals surface area contributed by atoms with Crippen molar-refractivity contribution in [1.29, 1.82) is 0 Å². The Hall–Kier alpha value is -2.89. The molecule has 0 saturated carbocycles. The molecule has 0 fully saturated rings. The predicted octanol–water partition coefficient (Wildman–Crippen LogP) is 3.51. The van der Waals surface area contributed by atoms with E-state index in [1.54, 1.807) is 20.8 Å². The topological polar surface area (TPSA) is 85.2 Å². The number of benzene rings is 1. The number of nitrogens with one attached hydrogen (secondary N) is 1. The maximum Gasteiger partial charge on any atom is 0.344 e. The number of hydrogen-bond acceptors (Lipinski definition) is 5. The molecule has 6 nitrogen and oxygen atoms in total. The maximum absolute atomic E-state index is 12.8. The van der Waals surface area contributed by atoms with Crippen LogP contribution in [-0.4, -0.2) is 28.0 Å². The average molecular weight is 326 g/mol. The SMILES string of the molecule is Cc1noc(C)c1C(=O)O[C@H](C)C(=O)c1c(C)[nH]c2ccccc12. The number of fused-ring (bicyclic) bond motifs is 1. The third kappa shape index (κ3) is 2.60. The van der Waals surface area contributed by atoms with Gasteiger partial charge in [0.05, 0.1) is 5.69 Å². The van der Waals surface area contributed by atoms with Gasteiger partial charge in [-0.1, -0.05) is 23.4 Å². The van der Waals surface area contributed by atoms with E-state index in [2.05, 4.69) is 10.1 Å². The second kappa shape index (κ2) is 5.96. The summed E-state index contributed by atoms with van der Waals surface area (Å²) < 4.78 is 10.3. The molecule has 1 N–H and O–H groups in total. The van der Waals surface area contributed by atoms with E-state index in [9.17, 15) is 9.59 Å². The van der Waals surface area contributed by atoms with E-state index in [0.29, 0.717) is 17.0 Å². The lowest BCUT2D eigenvalue weighted by molar-refractivity contribution is 0.0316. The number of para-hydroxylation sites is 1. The Morgan fingerprint density at radius 1 is 1.17 bits per heavy atom. The zero-order valence-electron chi connectivity index (χ0n) is 14.0. The molecule has 24 heavy (non-hydrogen) atoms. The molecule has 1 atom stereocenters. The Morgan fingerprint density at radius 2 is 1.88 bits per heavy atom. The van der Waals surface area contributed by atoms with Crippen molar-refractivity contribution in [3.63, 3.8) is 0 Å². The monoisotopic (exact) mass is 326 g/mol. The van der Waals surface area contributed by atoms with E-state index in [1.165, 1.54) is 0 Å². The first kappa shape index (κ1) is 16.0. The van der Waals surface area contributed by atoms with Crippen LogP contribution >= 0.6 is 0 Å². The first-order valence-electron chi connectivity index (χ1n) is 7.65. The van der Waals surface area contributed by atoms with Crippen molar-refractivity contribution < 1.29 is 18.8 Å². The van der Waals surface area contributed by atoms with Gasteiger partial charge in [-0.05, 0) is 33.8 Å². The lowest BCUT2D eigenvalue weighted by Gasteiger charge is -2.12. The van der Waals surface area contributed by atoms with Gasteiger partial charge in [-0.2, -0.15) is 0 Å². The van der Waals surface area contributed by atoms with Crippen molar-refractivity contribution in [3.8, 4) is 0 Å². The van der Waals surface area contributed by atoms with Crippen molar-refractivity contribution >= 4 is 22.7 Å². The average Bonchev–Trinajstić information content (AvgIpc) is 3.05. The molecule has 0 unspecified atom stereocenters. The number of hydrogen-bond donors (Lipinski definition) is 1. The molecule has 2 aromatic heterocycles. The first-order chi connectivity index (χ1) is 11.4. The molecule has 6 heteroatoms. The number of carbonyl (C=O) groups excluding carboxylic acids is 2. The molecular formula is C18H18N2O4. The summed E-state index contributed by atoms with van der Waals surface area (Å²) in [5.41, 5.74) is 2.89. The number of aromatic nitrogens is 2. The standard InChI is InChI=1S/C18H18N2O4/c1-9-16(13-7-5-6-8-14(13)19-9)17(21)12(4)23-18(22)15-10(2)20-24-11(15)3/h5-8,12,19H,1-4H3/t12-/m1/s1. The summed E-state index contributed by atoms with van der Waals surface area (Å²) in [5, 5.41) is 4.55. The molecule has 3 aromatic rings. The number of ketones is 1. The van der Waals surface area contributed by atoms with Gasteiger partial charge in [-0.25, -0.2) is 4.79 Å². The summed E-state index contributed by atoms with van der Waals surface area (Å²) in [4.78, 5) is 28.3. The lowest BCUT2D eigenvalue weighted by atomic mass is 10.0. The van der Waals surface area contributed by atoms with Gasteiger partial charge >= 0.3 is 5.97 Å². The zero-order valence-corrected chi connectivity index (χ0v) is 14.0. The molecule has 3 rings (SSSR count). The van der Waals surface area contributed by atoms with Gasteiger partial charge in [0, 0.05) is 22.2 Å². The molecule has 0 aliphatic rings. The van der Waals surface area contributed by atoms with Crippen molar-refractivity contribution in [1.82, 2.24) is 10.1 Å². The summed E-state index contributed by atoms with van der Waals surface area (Å²) in [5.74, 6) is -0.477. The zero-order chi connectivity index (χ0) is 17.4. The minimum atomic E-state index is -0.913. The van der Waals surface area contributed by atoms with Crippen LogP contribution in [0.2, 0.25) is 0 Å². The highest BCUT2D eigenvalue weighted by Gasteiger charge is 2.27. The quantitative estimate of drug-likeness (QED) is 0.586. The molecular weight excluding hydrogens is 308 g/mol. The van der Waals surface area contributed by atoms with Gasteiger partial charge in [0.25, 0.3) is 0 Å². The number of rotatable bonds is 4. The van der Waals surface area contributed by atoms with Crippen LogP contribution in [0, 0.1) is 20.8 Å². The minimum absolute atomic E-state index is 0.245. The Bertz CT molecular complexity index is 916. The Balaban J connectivity index is 1.87. The van der Waals surface area contributed by atoms with E-state index in [-0.39, 0.29) is 11.3 Å². The third-order valence-corrected chi connectivity index (χ3v) is 4.03. The number of aromatic amines is 1. The van der Waals surface area contributed by atoms with Crippen LogP contribution in [0.25, 0.3) is 10.9 Å². The van der Waals surface area contributed by atoms with Gasteiger partial charge in [-0.3, -0.25) is 4.79 Å². The molecule has 0 amide bonds. The largest absolute Gasteiger partial charge is 0.451 e. The Labute approximate surface area is 138 Å². The highest BCUT2D eigenvalue weighted by molar-refractivity contribution is 6.11. The second-order valence-corrected chi connectivity index (χ2v) is 5.78. The van der Waals surface area contributed by atoms with Gasteiger partial charge in [0.1, 0.15) is 11.3 Å². The third-order valence-electron chi connectivity index (χ3n) is 4.03. The van der Waals surface area contributed by atoms with Crippen molar-refractivity contribution in [2.24, 2.45) is 0 Å². The molecule has 2 heterocycles. The molecule has 0 bridgehead atoms. The van der Waals surface area contributed by atoms with Crippen molar-refractivity contribution in [2.75, 3.05) is 0 Å². The number of aryl methyl sites for hydroxylation is 3. The number of Topliss-reactive ketones (excluding diaryl/α,β-unsaturated/α-hetero) is 1. The summed E-state index contributed by atoms with van der Waals surface area (Å²) in [6.45, 7) is 6.69. The second-order valence-electron chi connectivity index (χ2n) is 5.78. The van der Waals surface area contributed by atoms with Crippen molar-refractivity contribution in [3.05, 3.63) is 52.5 Å².